The lowest BCUT2D eigenvalue weighted by molar-refractivity contribution is 0.102. The summed E-state index contributed by atoms with van der Waals surface area (Å²) in [6.45, 7) is 0. The lowest BCUT2D eigenvalue weighted by Crippen LogP contribution is -2.26. The molecule has 0 saturated heterocycles. The quantitative estimate of drug-likeness (QED) is 0.617. The molecule has 3 aromatic heterocycles. The van der Waals surface area contributed by atoms with Crippen LogP contribution in [0.5, 0.6) is 0 Å². The van der Waals surface area contributed by atoms with Crippen LogP contribution < -0.4 is 10.9 Å². The fraction of sp³-hybridized carbons (Fsp3) is 0.0556. The average molecular weight is 350 g/mol. The van der Waals surface area contributed by atoms with Crippen LogP contribution in [0.25, 0.3) is 16.2 Å². The molecule has 0 aliphatic rings. The van der Waals surface area contributed by atoms with E-state index in [1.54, 1.807) is 36.7 Å². The van der Waals surface area contributed by atoms with Gasteiger partial charge in [-0.1, -0.05) is 12.1 Å². The summed E-state index contributed by atoms with van der Waals surface area (Å²) in [5.41, 5.74) is 2.13. The van der Waals surface area contributed by atoms with Crippen LogP contribution in [0.3, 0.4) is 0 Å². The number of thiazole rings is 1. The Morgan fingerprint density at radius 1 is 1.20 bits per heavy atom. The van der Waals surface area contributed by atoms with E-state index in [0.29, 0.717) is 5.69 Å². The van der Waals surface area contributed by atoms with Gasteiger partial charge in [-0.2, -0.15) is 0 Å². The number of aryl methyl sites for hydroxylation is 1. The Bertz CT molecular complexity index is 1110. The van der Waals surface area contributed by atoms with Crippen molar-refractivity contribution >= 4 is 27.9 Å². The molecule has 7 heteroatoms. The number of aromatic nitrogens is 3. The highest BCUT2D eigenvalue weighted by molar-refractivity contribution is 7.15. The van der Waals surface area contributed by atoms with E-state index in [4.69, 9.17) is 0 Å². The van der Waals surface area contributed by atoms with Crippen molar-refractivity contribution in [2.75, 3.05) is 5.32 Å². The van der Waals surface area contributed by atoms with Crippen molar-refractivity contribution in [3.8, 4) is 11.3 Å². The third-order valence-electron chi connectivity index (χ3n) is 3.88. The molecule has 1 aromatic carbocycles. The number of amides is 1. The van der Waals surface area contributed by atoms with Crippen LogP contribution in [0.2, 0.25) is 0 Å². The molecule has 0 aliphatic heterocycles. The van der Waals surface area contributed by atoms with Crippen LogP contribution in [-0.2, 0) is 7.05 Å². The van der Waals surface area contributed by atoms with Gasteiger partial charge in [0, 0.05) is 42.3 Å². The number of rotatable bonds is 3. The molecule has 25 heavy (non-hydrogen) atoms. The van der Waals surface area contributed by atoms with Crippen molar-refractivity contribution in [2.24, 2.45) is 7.05 Å². The van der Waals surface area contributed by atoms with Crippen LogP contribution >= 0.6 is 11.3 Å². The summed E-state index contributed by atoms with van der Waals surface area (Å²) in [6, 6.07) is 10.6. The van der Waals surface area contributed by atoms with Gasteiger partial charge in [0.1, 0.15) is 5.56 Å². The summed E-state index contributed by atoms with van der Waals surface area (Å²) >= 11 is 1.56. The topological polar surface area (TPSA) is 68.4 Å². The van der Waals surface area contributed by atoms with Gasteiger partial charge in [0.05, 0.1) is 5.69 Å². The molecule has 0 bridgehead atoms. The van der Waals surface area contributed by atoms with Gasteiger partial charge >= 0.3 is 0 Å². The van der Waals surface area contributed by atoms with Gasteiger partial charge in [-0.05, 0) is 24.3 Å². The highest BCUT2D eigenvalue weighted by atomic mass is 32.1. The van der Waals surface area contributed by atoms with E-state index in [2.05, 4.69) is 10.3 Å². The number of hydrogen-bond acceptors (Lipinski definition) is 4. The molecule has 1 amide bonds. The number of imidazole rings is 1. The summed E-state index contributed by atoms with van der Waals surface area (Å²) in [5.74, 6) is -0.427. The zero-order valence-corrected chi connectivity index (χ0v) is 14.2. The first kappa shape index (κ1) is 15.3. The molecule has 3 heterocycles. The molecule has 0 saturated carbocycles. The Hall–Kier alpha value is -3.19. The number of anilines is 1. The first-order chi connectivity index (χ1) is 12.1. The normalized spacial score (nSPS) is 10.9. The van der Waals surface area contributed by atoms with Crippen molar-refractivity contribution in [2.45, 2.75) is 0 Å². The first-order valence-corrected chi connectivity index (χ1v) is 8.49. The predicted molar refractivity (Wildman–Crippen MR) is 98.1 cm³/mol. The van der Waals surface area contributed by atoms with Crippen LogP contribution in [0.1, 0.15) is 10.4 Å². The maximum absolute atomic E-state index is 12.4. The Balaban J connectivity index is 1.63. The third-order valence-corrected chi connectivity index (χ3v) is 4.65. The Morgan fingerprint density at radius 3 is 2.92 bits per heavy atom. The highest BCUT2D eigenvalue weighted by Crippen LogP contribution is 2.24. The number of nitrogens with zero attached hydrogens (tertiary/aromatic N) is 3. The fourth-order valence-electron chi connectivity index (χ4n) is 2.59. The molecule has 0 spiro atoms. The van der Waals surface area contributed by atoms with E-state index >= 15 is 0 Å². The second-order valence-electron chi connectivity index (χ2n) is 5.59. The molecule has 4 aromatic rings. The highest BCUT2D eigenvalue weighted by Gasteiger charge is 2.12. The van der Waals surface area contributed by atoms with E-state index in [9.17, 15) is 9.59 Å². The molecular weight excluding hydrogens is 336 g/mol. The average Bonchev–Trinajstić information content (AvgIpc) is 3.19. The van der Waals surface area contributed by atoms with Crippen molar-refractivity contribution in [3.05, 3.63) is 76.3 Å². The number of nitrogens with one attached hydrogen (secondary N) is 1. The number of carbonyl (C=O) groups excluding carboxylic acids is 1. The maximum Gasteiger partial charge on any atom is 0.263 e. The van der Waals surface area contributed by atoms with Crippen LogP contribution in [-0.4, -0.2) is 19.9 Å². The van der Waals surface area contributed by atoms with Gasteiger partial charge in [-0.3, -0.25) is 14.0 Å². The summed E-state index contributed by atoms with van der Waals surface area (Å²) < 4.78 is 3.34. The van der Waals surface area contributed by atoms with Gasteiger partial charge < -0.3 is 9.88 Å². The lowest BCUT2D eigenvalue weighted by Gasteiger charge is -2.07. The number of benzene rings is 1. The van der Waals surface area contributed by atoms with Crippen molar-refractivity contribution in [1.29, 1.82) is 0 Å². The molecule has 1 N–H and O–H groups in total. The Labute approximate surface area is 147 Å². The smallest absolute Gasteiger partial charge is 0.263 e. The van der Waals surface area contributed by atoms with E-state index in [0.717, 1.165) is 16.2 Å². The molecular formula is C18H14N4O2S. The minimum atomic E-state index is -0.427. The Kier molecular flexibility index (Phi) is 3.70. The summed E-state index contributed by atoms with van der Waals surface area (Å²) in [7, 11) is 1.62. The molecule has 0 aliphatic carbocycles. The minimum absolute atomic E-state index is 0.109. The van der Waals surface area contributed by atoms with Gasteiger partial charge in [0.15, 0.2) is 4.96 Å². The van der Waals surface area contributed by atoms with Crippen molar-refractivity contribution in [3.63, 3.8) is 0 Å². The van der Waals surface area contributed by atoms with Crippen LogP contribution in [0.15, 0.2) is 65.2 Å². The Morgan fingerprint density at radius 2 is 2.08 bits per heavy atom. The van der Waals surface area contributed by atoms with E-state index < -0.39 is 5.91 Å². The number of fused-ring (bicyclic) bond motifs is 1. The largest absolute Gasteiger partial charge is 0.322 e. The maximum atomic E-state index is 12.4. The van der Waals surface area contributed by atoms with Crippen LogP contribution in [0.4, 0.5) is 5.69 Å². The first-order valence-electron chi connectivity index (χ1n) is 7.61. The number of pyridine rings is 1. The van der Waals surface area contributed by atoms with E-state index in [1.165, 1.54) is 10.6 Å². The lowest BCUT2D eigenvalue weighted by atomic mass is 10.1. The van der Waals surface area contributed by atoms with Crippen molar-refractivity contribution in [1.82, 2.24) is 14.0 Å². The molecule has 0 fully saturated rings. The van der Waals surface area contributed by atoms with E-state index in [1.807, 2.05) is 40.4 Å². The second kappa shape index (κ2) is 6.03. The van der Waals surface area contributed by atoms with E-state index in [-0.39, 0.29) is 11.1 Å². The summed E-state index contributed by atoms with van der Waals surface area (Å²) in [4.78, 5) is 29.9. The number of hydrogen-bond donors (Lipinski definition) is 1. The monoisotopic (exact) mass is 350 g/mol. The third kappa shape index (κ3) is 2.85. The zero-order valence-electron chi connectivity index (χ0n) is 13.3. The van der Waals surface area contributed by atoms with Gasteiger partial charge in [0.25, 0.3) is 11.5 Å². The van der Waals surface area contributed by atoms with Crippen molar-refractivity contribution < 1.29 is 4.79 Å². The minimum Gasteiger partial charge on any atom is -0.322 e. The molecule has 0 unspecified atom stereocenters. The van der Waals surface area contributed by atoms with Gasteiger partial charge in [-0.25, -0.2) is 4.98 Å². The molecule has 0 atom stereocenters. The zero-order chi connectivity index (χ0) is 17.4. The molecule has 6 nitrogen and oxygen atoms in total. The summed E-state index contributed by atoms with van der Waals surface area (Å²) in [5, 5.41) is 4.76. The summed E-state index contributed by atoms with van der Waals surface area (Å²) in [6.07, 6.45) is 5.51. The SMILES string of the molecule is Cn1cccc(C(=O)Nc2cccc(-c3cn4ccsc4n3)c2)c1=O. The van der Waals surface area contributed by atoms with Gasteiger partial charge in [0.2, 0.25) is 0 Å². The van der Waals surface area contributed by atoms with Gasteiger partial charge in [-0.15, -0.1) is 11.3 Å². The fourth-order valence-corrected chi connectivity index (χ4v) is 3.29. The molecule has 4 rings (SSSR count). The predicted octanol–water partition coefficient (Wildman–Crippen LogP) is 3.01. The molecule has 0 radical (unpaired) electrons. The second-order valence-corrected chi connectivity index (χ2v) is 6.46. The molecule has 124 valence electrons. The number of carbonyl (C=O) groups is 1. The van der Waals surface area contributed by atoms with Crippen LogP contribution in [0, 0.1) is 0 Å². The standard InChI is InChI=1S/C18H14N4O2S/c1-21-7-3-6-14(17(21)24)16(23)19-13-5-2-4-12(10-13)15-11-22-8-9-25-18(22)20-15/h2-11H,1H3,(H,19,23).